The third kappa shape index (κ3) is 3.57. The molecule has 102 valence electrons. The van der Waals surface area contributed by atoms with E-state index in [9.17, 15) is 0 Å². The number of nitrogens with zero attached hydrogens (tertiary/aromatic N) is 3. The van der Waals surface area contributed by atoms with Crippen LogP contribution in [0.25, 0.3) is 0 Å². The summed E-state index contributed by atoms with van der Waals surface area (Å²) in [6, 6.07) is 2.03. The molecule has 0 aliphatic carbocycles. The van der Waals surface area contributed by atoms with Gasteiger partial charge in [-0.1, -0.05) is 11.8 Å². The molecule has 2 rings (SSSR count). The van der Waals surface area contributed by atoms with Crippen LogP contribution < -0.4 is 10.6 Å². The lowest BCUT2D eigenvalue weighted by Crippen LogP contribution is -2.09. The molecule has 19 heavy (non-hydrogen) atoms. The van der Waals surface area contributed by atoms with Gasteiger partial charge in [-0.2, -0.15) is 0 Å². The summed E-state index contributed by atoms with van der Waals surface area (Å²) in [6.45, 7) is 4.08. The quantitative estimate of drug-likeness (QED) is 0.652. The number of nitrogens with one attached hydrogen (secondary N) is 2. The average molecular weight is 295 g/mol. The maximum atomic E-state index is 4.48. The predicted molar refractivity (Wildman–Crippen MR) is 82.2 cm³/mol. The van der Waals surface area contributed by atoms with Gasteiger partial charge in [-0.15, -0.1) is 11.3 Å². The van der Waals surface area contributed by atoms with E-state index in [1.54, 1.807) is 11.3 Å². The minimum atomic E-state index is 0.132. The fraction of sp³-hybridized carbons (Fsp3) is 0.417. The number of thioether (sulfide) groups is 1. The Kier molecular flexibility index (Phi) is 4.60. The van der Waals surface area contributed by atoms with Crippen molar-refractivity contribution in [3.8, 4) is 0 Å². The maximum Gasteiger partial charge on any atom is 0.191 e. The van der Waals surface area contributed by atoms with E-state index >= 15 is 0 Å². The van der Waals surface area contributed by atoms with Crippen LogP contribution in [0.2, 0.25) is 0 Å². The van der Waals surface area contributed by atoms with E-state index in [4.69, 9.17) is 0 Å². The van der Waals surface area contributed by atoms with Gasteiger partial charge in [0.1, 0.15) is 16.6 Å². The monoisotopic (exact) mass is 295 g/mol. The van der Waals surface area contributed by atoms with E-state index in [2.05, 4.69) is 37.9 Å². The van der Waals surface area contributed by atoms with Crippen LogP contribution in [0.3, 0.4) is 0 Å². The molecule has 1 unspecified atom stereocenters. The summed E-state index contributed by atoms with van der Waals surface area (Å²) in [5.74, 6) is 1.62. The van der Waals surface area contributed by atoms with Gasteiger partial charge < -0.3 is 10.6 Å². The molecule has 2 aromatic rings. The lowest BCUT2D eigenvalue weighted by Gasteiger charge is -2.13. The highest BCUT2D eigenvalue weighted by Crippen LogP contribution is 2.23. The van der Waals surface area contributed by atoms with E-state index in [1.165, 1.54) is 11.8 Å². The van der Waals surface area contributed by atoms with Crippen molar-refractivity contribution in [1.29, 1.82) is 0 Å². The van der Waals surface area contributed by atoms with E-state index in [-0.39, 0.29) is 6.04 Å². The molecule has 0 aromatic carbocycles. The second-order valence-electron chi connectivity index (χ2n) is 4.07. The first-order valence-corrected chi connectivity index (χ1v) is 8.02. The Morgan fingerprint density at radius 2 is 2.00 bits per heavy atom. The lowest BCUT2D eigenvalue weighted by atomic mass is 10.3. The summed E-state index contributed by atoms with van der Waals surface area (Å²) in [7, 11) is 1.85. The van der Waals surface area contributed by atoms with E-state index in [1.807, 2.05) is 26.3 Å². The number of hydrogen-bond donors (Lipinski definition) is 2. The van der Waals surface area contributed by atoms with Gasteiger partial charge in [-0.3, -0.25) is 0 Å². The average Bonchev–Trinajstić information content (AvgIpc) is 2.85. The standard InChI is InChI=1S/C12H17N5S2/c1-7-6-19-11(14-7)8(2)15-10-5-9(13-3)16-12(17-10)18-4/h5-6,8H,1-4H3,(H2,13,15,16,17). The first kappa shape index (κ1) is 14.1. The van der Waals surface area contributed by atoms with Gasteiger partial charge in [0.15, 0.2) is 5.16 Å². The predicted octanol–water partition coefficient (Wildman–Crippen LogP) is 3.18. The van der Waals surface area contributed by atoms with Crippen molar-refractivity contribution in [3.05, 3.63) is 22.1 Å². The fourth-order valence-corrected chi connectivity index (χ4v) is 2.76. The second kappa shape index (κ2) is 6.21. The zero-order valence-electron chi connectivity index (χ0n) is 11.4. The van der Waals surface area contributed by atoms with Crippen LogP contribution in [0.4, 0.5) is 11.6 Å². The van der Waals surface area contributed by atoms with Gasteiger partial charge in [0.25, 0.3) is 0 Å². The van der Waals surface area contributed by atoms with Crippen LogP contribution >= 0.6 is 23.1 Å². The number of thiazole rings is 1. The van der Waals surface area contributed by atoms with Crippen LogP contribution in [0.15, 0.2) is 16.6 Å². The summed E-state index contributed by atoms with van der Waals surface area (Å²) in [5.41, 5.74) is 1.05. The largest absolute Gasteiger partial charge is 0.373 e. The minimum Gasteiger partial charge on any atom is -0.373 e. The molecule has 5 nitrogen and oxygen atoms in total. The number of aryl methyl sites for hydroxylation is 1. The molecule has 0 aliphatic rings. The van der Waals surface area contributed by atoms with Gasteiger partial charge in [0, 0.05) is 24.2 Å². The van der Waals surface area contributed by atoms with Crippen LogP contribution in [0, 0.1) is 6.92 Å². The van der Waals surface area contributed by atoms with Crippen LogP contribution in [-0.4, -0.2) is 28.3 Å². The van der Waals surface area contributed by atoms with Crippen LogP contribution in [-0.2, 0) is 0 Å². The number of hydrogen-bond acceptors (Lipinski definition) is 7. The Bertz CT molecular complexity index is 533. The number of anilines is 2. The molecule has 7 heteroatoms. The molecule has 0 radical (unpaired) electrons. The molecule has 2 N–H and O–H groups in total. The third-order valence-corrected chi connectivity index (χ3v) is 4.21. The molecule has 0 spiro atoms. The van der Waals surface area contributed by atoms with Crippen molar-refractivity contribution in [2.45, 2.75) is 25.0 Å². The summed E-state index contributed by atoms with van der Waals surface area (Å²) in [4.78, 5) is 13.3. The van der Waals surface area contributed by atoms with Crippen LogP contribution in [0.5, 0.6) is 0 Å². The van der Waals surface area contributed by atoms with Crippen LogP contribution in [0.1, 0.15) is 23.7 Å². The third-order valence-electron chi connectivity index (χ3n) is 2.52. The van der Waals surface area contributed by atoms with Gasteiger partial charge in [-0.05, 0) is 20.1 Å². The highest BCUT2D eigenvalue weighted by Gasteiger charge is 2.11. The SMILES string of the molecule is CNc1cc(NC(C)c2nc(C)cs2)nc(SC)n1. The van der Waals surface area contributed by atoms with E-state index in [0.717, 1.165) is 27.5 Å². The Hall–Kier alpha value is -1.34. The first-order chi connectivity index (χ1) is 9.12. The molecular weight excluding hydrogens is 278 g/mol. The van der Waals surface area contributed by atoms with E-state index in [0.29, 0.717) is 0 Å². The topological polar surface area (TPSA) is 62.7 Å². The smallest absolute Gasteiger partial charge is 0.191 e. The lowest BCUT2D eigenvalue weighted by molar-refractivity contribution is 0.841. The Morgan fingerprint density at radius 1 is 1.26 bits per heavy atom. The molecule has 2 aromatic heterocycles. The zero-order valence-corrected chi connectivity index (χ0v) is 13.0. The summed E-state index contributed by atoms with van der Waals surface area (Å²) < 4.78 is 0. The molecule has 0 bridgehead atoms. The van der Waals surface area contributed by atoms with Crippen molar-refractivity contribution in [3.63, 3.8) is 0 Å². The fourth-order valence-electron chi connectivity index (χ4n) is 1.57. The van der Waals surface area contributed by atoms with Crippen molar-refractivity contribution in [1.82, 2.24) is 15.0 Å². The highest BCUT2D eigenvalue weighted by molar-refractivity contribution is 7.98. The zero-order chi connectivity index (χ0) is 13.8. The normalized spacial score (nSPS) is 12.2. The first-order valence-electron chi connectivity index (χ1n) is 5.91. The molecule has 2 heterocycles. The van der Waals surface area contributed by atoms with Gasteiger partial charge >= 0.3 is 0 Å². The Balaban J connectivity index is 2.18. The van der Waals surface area contributed by atoms with Crippen molar-refractivity contribution < 1.29 is 0 Å². The van der Waals surface area contributed by atoms with Crippen molar-refractivity contribution in [2.24, 2.45) is 0 Å². The Labute approximate surface area is 121 Å². The molecule has 0 amide bonds. The Morgan fingerprint density at radius 3 is 2.58 bits per heavy atom. The summed E-state index contributed by atoms with van der Waals surface area (Å²) in [5, 5.41) is 10.3. The van der Waals surface area contributed by atoms with Crippen molar-refractivity contribution in [2.75, 3.05) is 23.9 Å². The summed E-state index contributed by atoms with van der Waals surface area (Å²) >= 11 is 3.18. The maximum absolute atomic E-state index is 4.48. The molecule has 1 atom stereocenters. The van der Waals surface area contributed by atoms with Gasteiger partial charge in [0.05, 0.1) is 6.04 Å². The molecule has 0 saturated carbocycles. The number of aromatic nitrogens is 3. The summed E-state index contributed by atoms with van der Waals surface area (Å²) in [6.07, 6.45) is 1.96. The van der Waals surface area contributed by atoms with Gasteiger partial charge in [0.2, 0.25) is 0 Å². The second-order valence-corrected chi connectivity index (χ2v) is 5.73. The molecule has 0 aliphatic heterocycles. The highest BCUT2D eigenvalue weighted by atomic mass is 32.2. The van der Waals surface area contributed by atoms with E-state index < -0.39 is 0 Å². The molecule has 0 fully saturated rings. The van der Waals surface area contributed by atoms with Gasteiger partial charge in [-0.25, -0.2) is 15.0 Å². The molecular formula is C12H17N5S2. The minimum absolute atomic E-state index is 0.132. The van der Waals surface area contributed by atoms with Crippen molar-refractivity contribution >= 4 is 34.7 Å². The number of rotatable bonds is 5. The molecule has 0 saturated heterocycles.